The van der Waals surface area contributed by atoms with Crippen LogP contribution in [0.5, 0.6) is 5.75 Å². The van der Waals surface area contributed by atoms with E-state index in [2.05, 4.69) is 9.24 Å². The zero-order valence-corrected chi connectivity index (χ0v) is 10.2. The van der Waals surface area contributed by atoms with Crippen LogP contribution >= 0.6 is 9.24 Å². The first-order valence-electron chi connectivity index (χ1n) is 4.87. The average molecular weight is 229 g/mol. The van der Waals surface area contributed by atoms with Crippen LogP contribution in [-0.4, -0.2) is 13.2 Å². The van der Waals surface area contributed by atoms with Gasteiger partial charge in [0, 0.05) is 6.54 Å². The Morgan fingerprint density at radius 1 is 1.53 bits per heavy atom. The van der Waals surface area contributed by atoms with Crippen LogP contribution in [0.2, 0.25) is 0 Å². The number of halogens is 1. The quantitative estimate of drug-likeness (QED) is 0.804. The molecular weight excluding hydrogens is 212 g/mol. The smallest absolute Gasteiger partial charge is 0.145 e. The van der Waals surface area contributed by atoms with Gasteiger partial charge in [-0.2, -0.15) is 0 Å². The predicted octanol–water partition coefficient (Wildman–Crippen LogP) is 2.35. The van der Waals surface area contributed by atoms with Crippen LogP contribution in [0.15, 0.2) is 18.2 Å². The van der Waals surface area contributed by atoms with Gasteiger partial charge in [0.25, 0.3) is 0 Å². The van der Waals surface area contributed by atoms with Gasteiger partial charge in [-0.05, 0) is 37.1 Å². The van der Waals surface area contributed by atoms with Crippen LogP contribution in [0.3, 0.4) is 0 Å². The molecule has 0 aliphatic heterocycles. The summed E-state index contributed by atoms with van der Waals surface area (Å²) >= 11 is 0. The first-order chi connectivity index (χ1) is 6.95. The Morgan fingerprint density at radius 3 is 2.67 bits per heavy atom. The molecule has 15 heavy (non-hydrogen) atoms. The van der Waals surface area contributed by atoms with Gasteiger partial charge in [-0.15, -0.1) is 0 Å². The first kappa shape index (κ1) is 12.4. The molecule has 4 heteroatoms. The summed E-state index contributed by atoms with van der Waals surface area (Å²) in [5.74, 6) is 0.762. The molecule has 0 saturated heterocycles. The van der Waals surface area contributed by atoms with E-state index in [0.717, 1.165) is 11.3 Å². The number of alkyl halides is 1. The van der Waals surface area contributed by atoms with E-state index >= 15 is 0 Å². The fourth-order valence-electron chi connectivity index (χ4n) is 1.28. The summed E-state index contributed by atoms with van der Waals surface area (Å²) in [7, 11) is 2.18. The van der Waals surface area contributed by atoms with Gasteiger partial charge < -0.3 is 10.5 Å². The highest BCUT2D eigenvalue weighted by atomic mass is 31.0. The van der Waals surface area contributed by atoms with E-state index < -0.39 is 5.41 Å². The third-order valence-corrected chi connectivity index (χ3v) is 2.45. The van der Waals surface area contributed by atoms with Gasteiger partial charge in [-0.25, -0.2) is 4.39 Å². The summed E-state index contributed by atoms with van der Waals surface area (Å²) in [5.41, 5.74) is 6.89. The van der Waals surface area contributed by atoms with Gasteiger partial charge in [-0.1, -0.05) is 15.3 Å². The van der Waals surface area contributed by atoms with Gasteiger partial charge in [-0.3, -0.25) is 0 Å². The molecule has 0 saturated carbocycles. The van der Waals surface area contributed by atoms with E-state index in [1.165, 1.54) is 6.92 Å². The Balaban J connectivity index is 2.88. The molecule has 1 rings (SSSR count). The number of nitrogens with two attached hydrogens (primary N) is 1. The average Bonchev–Trinajstić information content (AvgIpc) is 2.14. The van der Waals surface area contributed by atoms with Gasteiger partial charge in [0.15, 0.2) is 0 Å². The largest absolute Gasteiger partial charge is 0.492 e. The van der Waals surface area contributed by atoms with Crippen LogP contribution in [0, 0.1) is 6.92 Å². The van der Waals surface area contributed by atoms with Crippen molar-refractivity contribution < 1.29 is 9.13 Å². The molecule has 2 unspecified atom stereocenters. The van der Waals surface area contributed by atoms with Crippen LogP contribution in [0.25, 0.3) is 0 Å². The number of rotatable bonds is 4. The first-order valence-corrected chi connectivity index (χ1v) is 5.44. The minimum atomic E-state index is -1.39. The van der Waals surface area contributed by atoms with Gasteiger partial charge >= 0.3 is 0 Å². The van der Waals surface area contributed by atoms with Crippen LogP contribution < -0.4 is 10.5 Å². The molecule has 2 nitrogen and oxygen atoms in total. The fraction of sp³-hybridized carbons (Fsp3) is 0.455. The Bertz CT molecular complexity index is 336. The lowest BCUT2D eigenvalue weighted by atomic mass is 10.1. The van der Waals surface area contributed by atoms with Crippen molar-refractivity contribution >= 4 is 9.24 Å². The standard InChI is InChI=1S/C11H17FNOP/c1-8-7-9(11(2,12)15)3-4-10(8)14-6-5-13/h3-4,7H,5-6,13,15H2,1-2H3. The van der Waals surface area contributed by atoms with E-state index in [1.807, 2.05) is 6.92 Å². The summed E-state index contributed by atoms with van der Waals surface area (Å²) in [6, 6.07) is 5.30. The maximum atomic E-state index is 13.6. The van der Waals surface area contributed by atoms with Crippen LogP contribution in [-0.2, 0) is 5.41 Å². The molecule has 0 aliphatic carbocycles. The van der Waals surface area contributed by atoms with E-state index in [1.54, 1.807) is 18.2 Å². The van der Waals surface area contributed by atoms with Crippen molar-refractivity contribution in [1.29, 1.82) is 0 Å². The second-order valence-electron chi connectivity index (χ2n) is 3.69. The Morgan fingerprint density at radius 2 is 2.20 bits per heavy atom. The molecule has 0 fully saturated rings. The van der Waals surface area contributed by atoms with E-state index in [0.29, 0.717) is 18.7 Å². The topological polar surface area (TPSA) is 35.2 Å². The third-order valence-electron chi connectivity index (χ3n) is 2.11. The molecule has 0 heterocycles. The molecule has 0 radical (unpaired) electrons. The molecule has 2 atom stereocenters. The van der Waals surface area contributed by atoms with Crippen molar-refractivity contribution in [3.63, 3.8) is 0 Å². The summed E-state index contributed by atoms with van der Waals surface area (Å²) in [4.78, 5) is 0. The van der Waals surface area contributed by atoms with Crippen LogP contribution in [0.4, 0.5) is 4.39 Å². The molecule has 0 aliphatic rings. The van der Waals surface area contributed by atoms with E-state index in [9.17, 15) is 4.39 Å². The minimum Gasteiger partial charge on any atom is -0.492 e. The normalized spacial score (nSPS) is 14.7. The third kappa shape index (κ3) is 3.44. The van der Waals surface area contributed by atoms with Crippen molar-refractivity contribution in [3.05, 3.63) is 29.3 Å². The summed E-state index contributed by atoms with van der Waals surface area (Å²) in [5, 5.41) is -1.39. The molecule has 1 aromatic rings. The molecular formula is C11H17FNOP. The molecule has 2 N–H and O–H groups in total. The molecule has 84 valence electrons. The maximum absolute atomic E-state index is 13.6. The Hall–Kier alpha value is -0.660. The maximum Gasteiger partial charge on any atom is 0.145 e. The van der Waals surface area contributed by atoms with Crippen molar-refractivity contribution in [3.8, 4) is 5.75 Å². The monoisotopic (exact) mass is 229 g/mol. The minimum absolute atomic E-state index is 0.478. The number of benzene rings is 1. The zero-order chi connectivity index (χ0) is 11.5. The Kier molecular flexibility index (Phi) is 4.06. The highest BCUT2D eigenvalue weighted by Crippen LogP contribution is 2.34. The van der Waals surface area contributed by atoms with Crippen molar-refractivity contribution in [2.75, 3.05) is 13.2 Å². The zero-order valence-electron chi connectivity index (χ0n) is 9.09. The second-order valence-corrected chi connectivity index (χ2v) is 4.78. The summed E-state index contributed by atoms with van der Waals surface area (Å²) in [6.07, 6.45) is 0. The summed E-state index contributed by atoms with van der Waals surface area (Å²) < 4.78 is 19.0. The molecule has 1 aromatic carbocycles. The van der Waals surface area contributed by atoms with E-state index in [-0.39, 0.29) is 0 Å². The SMILES string of the molecule is Cc1cc(C(C)(F)P)ccc1OCCN. The van der Waals surface area contributed by atoms with Gasteiger partial charge in [0.05, 0.1) is 0 Å². The Labute approximate surface area is 92.2 Å². The number of hydrogen-bond acceptors (Lipinski definition) is 2. The number of hydrogen-bond donors (Lipinski definition) is 1. The molecule has 0 bridgehead atoms. The van der Waals surface area contributed by atoms with Crippen molar-refractivity contribution in [1.82, 2.24) is 0 Å². The lowest BCUT2D eigenvalue weighted by Gasteiger charge is -2.16. The second kappa shape index (κ2) is 4.91. The van der Waals surface area contributed by atoms with Gasteiger partial charge in [0.2, 0.25) is 0 Å². The lowest BCUT2D eigenvalue weighted by Crippen LogP contribution is -2.11. The van der Waals surface area contributed by atoms with E-state index in [4.69, 9.17) is 10.5 Å². The van der Waals surface area contributed by atoms with Gasteiger partial charge in [0.1, 0.15) is 17.8 Å². The highest BCUT2D eigenvalue weighted by Gasteiger charge is 2.19. The number of aryl methyl sites for hydroxylation is 1. The number of ether oxygens (including phenoxy) is 1. The predicted molar refractivity (Wildman–Crippen MR) is 63.9 cm³/mol. The summed E-state index contributed by atoms with van der Waals surface area (Å²) in [6.45, 7) is 4.36. The van der Waals surface area contributed by atoms with Crippen molar-refractivity contribution in [2.45, 2.75) is 19.3 Å². The van der Waals surface area contributed by atoms with Crippen molar-refractivity contribution in [2.24, 2.45) is 5.73 Å². The molecule has 0 amide bonds. The highest BCUT2D eigenvalue weighted by molar-refractivity contribution is 7.18. The molecule has 0 spiro atoms. The fourth-order valence-corrected chi connectivity index (χ4v) is 1.46. The molecule has 0 aromatic heterocycles. The van der Waals surface area contributed by atoms with Crippen LogP contribution in [0.1, 0.15) is 18.1 Å². The lowest BCUT2D eigenvalue weighted by molar-refractivity contribution is 0.317.